The molecule has 5 heteroatoms. The Balaban J connectivity index is 1.52. The van der Waals surface area contributed by atoms with Crippen LogP contribution in [0.15, 0.2) is 72.8 Å². The summed E-state index contributed by atoms with van der Waals surface area (Å²) < 4.78 is 22.5. The number of para-hydroxylation sites is 2. The summed E-state index contributed by atoms with van der Waals surface area (Å²) in [5.74, 6) is 1.64. The number of carbonyl (C=O) groups is 1. The van der Waals surface area contributed by atoms with Crippen molar-refractivity contribution in [2.75, 3.05) is 14.2 Å². The zero-order chi connectivity index (χ0) is 20.2. The first kappa shape index (κ1) is 19.0. The first-order chi connectivity index (χ1) is 14.2. The predicted molar refractivity (Wildman–Crippen MR) is 109 cm³/mol. The van der Waals surface area contributed by atoms with Crippen molar-refractivity contribution in [1.29, 1.82) is 0 Å². The van der Waals surface area contributed by atoms with Gasteiger partial charge in [0.25, 0.3) is 0 Å². The van der Waals surface area contributed by atoms with Gasteiger partial charge in [-0.15, -0.1) is 0 Å². The van der Waals surface area contributed by atoms with Crippen LogP contribution in [0.5, 0.6) is 17.2 Å². The Labute approximate surface area is 169 Å². The van der Waals surface area contributed by atoms with Crippen LogP contribution in [0, 0.1) is 0 Å². The molecule has 3 aromatic carbocycles. The van der Waals surface area contributed by atoms with E-state index in [1.165, 1.54) is 0 Å². The van der Waals surface area contributed by atoms with Gasteiger partial charge >= 0.3 is 0 Å². The highest BCUT2D eigenvalue weighted by Gasteiger charge is 2.48. The molecule has 0 aromatic heterocycles. The SMILES string of the molecule is COc1cccc([C@H]2O[C@@H]2C(=O)c2ccccc2OCc2ccccc2)c1OC. The minimum atomic E-state index is -0.572. The minimum Gasteiger partial charge on any atom is -0.493 e. The average molecular weight is 390 g/mol. The van der Waals surface area contributed by atoms with Crippen LogP contribution >= 0.6 is 0 Å². The van der Waals surface area contributed by atoms with Crippen molar-refractivity contribution in [2.24, 2.45) is 0 Å². The lowest BCUT2D eigenvalue weighted by Crippen LogP contribution is -2.11. The second kappa shape index (κ2) is 8.37. The average Bonchev–Trinajstić information content (AvgIpc) is 3.58. The van der Waals surface area contributed by atoms with Crippen molar-refractivity contribution < 1.29 is 23.7 Å². The van der Waals surface area contributed by atoms with Crippen LogP contribution in [0.1, 0.15) is 27.6 Å². The first-order valence-corrected chi connectivity index (χ1v) is 9.39. The minimum absolute atomic E-state index is 0.108. The maximum Gasteiger partial charge on any atom is 0.198 e. The van der Waals surface area contributed by atoms with Crippen LogP contribution in [-0.2, 0) is 11.3 Å². The lowest BCUT2D eigenvalue weighted by molar-refractivity contribution is 0.0949. The van der Waals surface area contributed by atoms with Crippen molar-refractivity contribution in [3.63, 3.8) is 0 Å². The topological polar surface area (TPSA) is 57.3 Å². The summed E-state index contributed by atoms with van der Waals surface area (Å²) in [6.07, 6.45) is -0.938. The number of methoxy groups -OCH3 is 2. The highest BCUT2D eigenvalue weighted by atomic mass is 16.6. The zero-order valence-electron chi connectivity index (χ0n) is 16.3. The molecular formula is C24H22O5. The molecule has 2 atom stereocenters. The van der Waals surface area contributed by atoms with Crippen LogP contribution in [-0.4, -0.2) is 26.1 Å². The van der Waals surface area contributed by atoms with E-state index < -0.39 is 6.10 Å². The molecule has 0 aliphatic carbocycles. The van der Waals surface area contributed by atoms with Crippen molar-refractivity contribution in [3.05, 3.63) is 89.5 Å². The molecule has 3 aromatic rings. The molecule has 4 rings (SSSR count). The lowest BCUT2D eigenvalue weighted by Gasteiger charge is -2.11. The number of ether oxygens (including phenoxy) is 4. The maximum absolute atomic E-state index is 13.1. The molecule has 0 spiro atoms. The number of benzene rings is 3. The molecule has 1 heterocycles. The van der Waals surface area contributed by atoms with Gasteiger partial charge in [-0.05, 0) is 23.8 Å². The Morgan fingerprint density at radius 2 is 1.59 bits per heavy atom. The molecule has 0 radical (unpaired) electrons. The molecule has 29 heavy (non-hydrogen) atoms. The monoisotopic (exact) mass is 390 g/mol. The molecular weight excluding hydrogens is 368 g/mol. The van der Waals surface area contributed by atoms with Gasteiger partial charge in [0.05, 0.1) is 19.8 Å². The fourth-order valence-corrected chi connectivity index (χ4v) is 3.37. The van der Waals surface area contributed by atoms with Crippen LogP contribution in [0.25, 0.3) is 0 Å². The molecule has 148 valence electrons. The summed E-state index contributed by atoms with van der Waals surface area (Å²) in [4.78, 5) is 13.1. The van der Waals surface area contributed by atoms with E-state index in [1.807, 2.05) is 60.7 Å². The largest absolute Gasteiger partial charge is 0.493 e. The summed E-state index contributed by atoms with van der Waals surface area (Å²) in [6, 6.07) is 22.7. The van der Waals surface area contributed by atoms with Gasteiger partial charge in [-0.2, -0.15) is 0 Å². The number of rotatable bonds is 8. The fourth-order valence-electron chi connectivity index (χ4n) is 3.37. The summed E-state index contributed by atoms with van der Waals surface area (Å²) in [5, 5.41) is 0. The highest BCUT2D eigenvalue weighted by Crippen LogP contribution is 2.47. The number of epoxide rings is 1. The van der Waals surface area contributed by atoms with E-state index >= 15 is 0 Å². The molecule has 0 unspecified atom stereocenters. The van der Waals surface area contributed by atoms with Gasteiger partial charge in [0.1, 0.15) is 18.5 Å². The van der Waals surface area contributed by atoms with Gasteiger partial charge in [0.2, 0.25) is 0 Å². The Kier molecular flexibility index (Phi) is 5.49. The lowest BCUT2D eigenvalue weighted by atomic mass is 10.0. The molecule has 0 bridgehead atoms. The summed E-state index contributed by atoms with van der Waals surface area (Å²) >= 11 is 0. The Hall–Kier alpha value is -3.31. The van der Waals surface area contributed by atoms with E-state index in [4.69, 9.17) is 18.9 Å². The molecule has 1 saturated heterocycles. The molecule has 0 N–H and O–H groups in total. The molecule has 1 aliphatic heterocycles. The standard InChI is InChI=1S/C24H22O5/c1-26-20-14-8-12-18(22(20)27-2)23-24(29-23)21(25)17-11-6-7-13-19(17)28-15-16-9-4-3-5-10-16/h3-14,23-24H,15H2,1-2H3/t23-,24-/m1/s1. The van der Waals surface area contributed by atoms with Crippen molar-refractivity contribution in [2.45, 2.75) is 18.8 Å². The summed E-state index contributed by atoms with van der Waals surface area (Å²) in [6.45, 7) is 0.393. The van der Waals surface area contributed by atoms with E-state index in [0.717, 1.165) is 11.1 Å². The van der Waals surface area contributed by atoms with Gasteiger partial charge in [0.15, 0.2) is 23.4 Å². The Morgan fingerprint density at radius 3 is 2.34 bits per heavy atom. The van der Waals surface area contributed by atoms with Crippen molar-refractivity contribution in [1.82, 2.24) is 0 Å². The normalized spacial score (nSPS) is 17.4. The second-order valence-electron chi connectivity index (χ2n) is 6.69. The third kappa shape index (κ3) is 3.96. The van der Waals surface area contributed by atoms with E-state index in [0.29, 0.717) is 29.4 Å². The van der Waals surface area contributed by atoms with Crippen LogP contribution in [0.2, 0.25) is 0 Å². The number of ketones is 1. The maximum atomic E-state index is 13.1. The van der Waals surface area contributed by atoms with E-state index in [9.17, 15) is 4.79 Å². The van der Waals surface area contributed by atoms with E-state index in [2.05, 4.69) is 0 Å². The van der Waals surface area contributed by atoms with E-state index in [-0.39, 0.29) is 11.9 Å². The van der Waals surface area contributed by atoms with Gasteiger partial charge in [-0.1, -0.05) is 54.6 Å². The number of hydrogen-bond acceptors (Lipinski definition) is 5. The van der Waals surface area contributed by atoms with Crippen molar-refractivity contribution in [3.8, 4) is 17.2 Å². The number of Topliss-reactive ketones (excluding diaryl/α,β-unsaturated/α-hetero) is 1. The first-order valence-electron chi connectivity index (χ1n) is 9.39. The summed E-state index contributed by atoms with van der Waals surface area (Å²) in [7, 11) is 3.16. The fraction of sp³-hybridized carbons (Fsp3) is 0.208. The quantitative estimate of drug-likeness (QED) is 0.415. The molecule has 0 amide bonds. The molecule has 1 fully saturated rings. The number of carbonyl (C=O) groups excluding carboxylic acids is 1. The third-order valence-electron chi connectivity index (χ3n) is 4.88. The van der Waals surface area contributed by atoms with Gasteiger partial charge in [0, 0.05) is 5.56 Å². The summed E-state index contributed by atoms with van der Waals surface area (Å²) in [5.41, 5.74) is 2.35. The molecule has 0 saturated carbocycles. The third-order valence-corrected chi connectivity index (χ3v) is 4.88. The second-order valence-corrected chi connectivity index (χ2v) is 6.69. The number of hydrogen-bond donors (Lipinski definition) is 0. The Morgan fingerprint density at radius 1 is 0.862 bits per heavy atom. The van der Waals surface area contributed by atoms with Crippen molar-refractivity contribution >= 4 is 5.78 Å². The smallest absolute Gasteiger partial charge is 0.198 e. The molecule has 1 aliphatic rings. The highest BCUT2D eigenvalue weighted by molar-refractivity contribution is 6.03. The van der Waals surface area contributed by atoms with Crippen LogP contribution < -0.4 is 14.2 Å². The van der Waals surface area contributed by atoms with Gasteiger partial charge in [-0.25, -0.2) is 0 Å². The van der Waals surface area contributed by atoms with Crippen LogP contribution in [0.3, 0.4) is 0 Å². The van der Waals surface area contributed by atoms with Crippen LogP contribution in [0.4, 0.5) is 0 Å². The zero-order valence-corrected chi connectivity index (χ0v) is 16.3. The Bertz CT molecular complexity index is 999. The van der Waals surface area contributed by atoms with Gasteiger partial charge < -0.3 is 18.9 Å². The molecule has 5 nitrogen and oxygen atoms in total. The predicted octanol–water partition coefficient (Wildman–Crippen LogP) is 4.61. The van der Waals surface area contributed by atoms with E-state index in [1.54, 1.807) is 26.4 Å². The van der Waals surface area contributed by atoms with Gasteiger partial charge in [-0.3, -0.25) is 4.79 Å².